The molecule has 164 valence electrons. The zero-order chi connectivity index (χ0) is 22.6. The van der Waals surface area contributed by atoms with Crippen LogP contribution in [0.1, 0.15) is 25.3 Å². The number of hydrogen-bond acceptors (Lipinski definition) is 6. The monoisotopic (exact) mass is 446 g/mol. The van der Waals surface area contributed by atoms with Crippen molar-refractivity contribution in [1.82, 2.24) is 14.5 Å². The van der Waals surface area contributed by atoms with Gasteiger partial charge in [-0.2, -0.15) is 9.97 Å². The predicted molar refractivity (Wildman–Crippen MR) is 116 cm³/mol. The number of para-hydroxylation sites is 1. The third-order valence-corrected chi connectivity index (χ3v) is 5.82. The third kappa shape index (κ3) is 5.66. The van der Waals surface area contributed by atoms with E-state index in [0.29, 0.717) is 23.2 Å². The van der Waals surface area contributed by atoms with E-state index in [1.165, 1.54) is 22.8 Å². The van der Waals surface area contributed by atoms with Crippen molar-refractivity contribution in [2.45, 2.75) is 26.7 Å². The van der Waals surface area contributed by atoms with Crippen LogP contribution >= 0.6 is 0 Å². The summed E-state index contributed by atoms with van der Waals surface area (Å²) in [5, 5.41) is 0. The minimum Gasteiger partial charge on any atom is -0.421 e. The zero-order valence-corrected chi connectivity index (χ0v) is 18.2. The van der Waals surface area contributed by atoms with E-state index in [0.717, 1.165) is 6.42 Å². The van der Waals surface area contributed by atoms with E-state index in [2.05, 4.69) is 14.7 Å². The van der Waals surface area contributed by atoms with Crippen LogP contribution in [0.3, 0.4) is 0 Å². The summed E-state index contributed by atoms with van der Waals surface area (Å²) in [6, 6.07) is 8.59. The van der Waals surface area contributed by atoms with Gasteiger partial charge in [0.05, 0.1) is 11.4 Å². The van der Waals surface area contributed by atoms with E-state index < -0.39 is 15.8 Å². The molecule has 0 saturated heterocycles. The van der Waals surface area contributed by atoms with Gasteiger partial charge in [0.25, 0.3) is 0 Å². The van der Waals surface area contributed by atoms with Crippen LogP contribution in [0, 0.1) is 12.7 Å². The highest BCUT2D eigenvalue weighted by atomic mass is 32.2. The Morgan fingerprint density at radius 2 is 1.97 bits per heavy atom. The van der Waals surface area contributed by atoms with Crippen molar-refractivity contribution in [3.05, 3.63) is 64.3 Å². The van der Waals surface area contributed by atoms with Gasteiger partial charge in [-0.15, -0.1) is 0 Å². The maximum atomic E-state index is 14.2. The van der Waals surface area contributed by atoms with Gasteiger partial charge in [0.15, 0.2) is 11.6 Å². The van der Waals surface area contributed by atoms with Gasteiger partial charge < -0.3 is 9.30 Å². The number of nitrogens with zero attached hydrogens (tertiary/aromatic N) is 3. The van der Waals surface area contributed by atoms with Gasteiger partial charge in [0.2, 0.25) is 15.6 Å². The second-order valence-electron chi connectivity index (χ2n) is 7.05. The summed E-state index contributed by atoms with van der Waals surface area (Å²) < 4.78 is 48.3. The summed E-state index contributed by atoms with van der Waals surface area (Å²) in [6.07, 6.45) is 2.76. The van der Waals surface area contributed by atoms with Gasteiger partial charge in [-0.1, -0.05) is 25.5 Å². The summed E-state index contributed by atoms with van der Waals surface area (Å²) in [7, 11) is -2.06. The van der Waals surface area contributed by atoms with Gasteiger partial charge in [-0.25, -0.2) is 12.8 Å². The molecule has 0 spiro atoms. The molecule has 10 heteroatoms. The van der Waals surface area contributed by atoms with Crippen LogP contribution in [0.15, 0.2) is 47.4 Å². The lowest BCUT2D eigenvalue weighted by molar-refractivity contribution is 0.409. The molecule has 0 atom stereocenters. The SMILES string of the molecule is CCCCS(=O)(=O)Nc1cc(-c2ccc(=O)n(C)c2)nc(Oc2c(C)cccc2F)n1. The molecular formula is C21H23FN4O4S. The Morgan fingerprint density at radius 1 is 1.19 bits per heavy atom. The highest BCUT2D eigenvalue weighted by Gasteiger charge is 2.17. The van der Waals surface area contributed by atoms with Gasteiger partial charge in [-0.05, 0) is 31.0 Å². The molecule has 2 heterocycles. The molecule has 3 rings (SSSR count). The average molecular weight is 447 g/mol. The van der Waals surface area contributed by atoms with Crippen LogP contribution < -0.4 is 15.0 Å². The molecule has 3 aromatic rings. The standard InChI is InChI=1S/C21H23FN4O4S/c1-4-5-11-31(28,29)25-18-12-17(15-9-10-19(27)26(3)13-15)23-21(24-18)30-20-14(2)7-6-8-16(20)22/h6-10,12-13H,4-5,11H2,1-3H3,(H,23,24,25). The molecule has 0 amide bonds. The number of halogens is 1. The molecule has 0 aliphatic heterocycles. The van der Waals surface area contributed by atoms with Crippen molar-refractivity contribution >= 4 is 15.8 Å². The van der Waals surface area contributed by atoms with Crippen molar-refractivity contribution in [2.75, 3.05) is 10.5 Å². The number of sulfonamides is 1. The van der Waals surface area contributed by atoms with Crippen molar-refractivity contribution in [3.8, 4) is 23.0 Å². The van der Waals surface area contributed by atoms with Crippen LogP contribution in [-0.4, -0.2) is 28.7 Å². The first-order valence-corrected chi connectivity index (χ1v) is 11.3. The number of rotatable bonds is 8. The van der Waals surface area contributed by atoms with Crippen LogP contribution in [0.5, 0.6) is 11.8 Å². The normalized spacial score (nSPS) is 11.4. The molecular weight excluding hydrogens is 423 g/mol. The van der Waals surface area contributed by atoms with E-state index >= 15 is 0 Å². The number of nitrogens with one attached hydrogen (secondary N) is 1. The number of anilines is 1. The number of pyridine rings is 1. The Kier molecular flexibility index (Phi) is 6.69. The minimum absolute atomic E-state index is 0.0149. The molecule has 1 aromatic carbocycles. The number of ether oxygens (including phenoxy) is 1. The van der Waals surface area contributed by atoms with Gasteiger partial charge in [-0.3, -0.25) is 9.52 Å². The lowest BCUT2D eigenvalue weighted by Crippen LogP contribution is -2.18. The van der Waals surface area contributed by atoms with E-state index in [9.17, 15) is 17.6 Å². The maximum Gasteiger partial charge on any atom is 0.324 e. The second kappa shape index (κ2) is 9.25. The molecule has 0 fully saturated rings. The van der Waals surface area contributed by atoms with Crippen LogP contribution in [0.2, 0.25) is 0 Å². The quantitative estimate of drug-likeness (QED) is 0.567. The topological polar surface area (TPSA) is 103 Å². The maximum absolute atomic E-state index is 14.2. The van der Waals surface area contributed by atoms with Crippen molar-refractivity contribution in [3.63, 3.8) is 0 Å². The minimum atomic E-state index is -3.64. The smallest absolute Gasteiger partial charge is 0.324 e. The Morgan fingerprint density at radius 3 is 2.65 bits per heavy atom. The molecule has 0 aliphatic carbocycles. The largest absolute Gasteiger partial charge is 0.421 e. The Balaban J connectivity index is 2.07. The zero-order valence-electron chi connectivity index (χ0n) is 17.4. The van der Waals surface area contributed by atoms with Gasteiger partial charge >= 0.3 is 6.01 Å². The van der Waals surface area contributed by atoms with Crippen LogP contribution in [-0.2, 0) is 17.1 Å². The van der Waals surface area contributed by atoms with Crippen molar-refractivity contribution in [1.29, 1.82) is 0 Å². The summed E-state index contributed by atoms with van der Waals surface area (Å²) >= 11 is 0. The van der Waals surface area contributed by atoms with Crippen LogP contribution in [0.25, 0.3) is 11.3 Å². The van der Waals surface area contributed by atoms with E-state index in [1.807, 2.05) is 6.92 Å². The fraction of sp³-hybridized carbons (Fsp3) is 0.286. The number of aromatic nitrogens is 3. The second-order valence-corrected chi connectivity index (χ2v) is 8.89. The molecule has 0 aliphatic rings. The highest BCUT2D eigenvalue weighted by molar-refractivity contribution is 7.92. The molecule has 0 unspecified atom stereocenters. The Hall–Kier alpha value is -3.27. The first-order chi connectivity index (χ1) is 14.7. The predicted octanol–water partition coefficient (Wildman–Crippen LogP) is 3.62. The molecule has 0 radical (unpaired) electrons. The fourth-order valence-corrected chi connectivity index (χ4v) is 3.99. The van der Waals surface area contributed by atoms with E-state index in [4.69, 9.17) is 4.74 Å². The van der Waals surface area contributed by atoms with Gasteiger partial charge in [0, 0.05) is 30.9 Å². The van der Waals surface area contributed by atoms with Crippen molar-refractivity contribution in [2.24, 2.45) is 7.05 Å². The third-order valence-electron chi connectivity index (χ3n) is 4.47. The number of unbranched alkanes of at least 4 members (excludes halogenated alkanes) is 1. The Labute approximate surface area is 179 Å². The molecule has 8 nitrogen and oxygen atoms in total. The number of hydrogen-bond donors (Lipinski definition) is 1. The first kappa shape index (κ1) is 22.4. The summed E-state index contributed by atoms with van der Waals surface area (Å²) in [5.74, 6) is -0.731. The fourth-order valence-electron chi connectivity index (χ4n) is 2.80. The summed E-state index contributed by atoms with van der Waals surface area (Å²) in [4.78, 5) is 20.1. The number of benzene rings is 1. The summed E-state index contributed by atoms with van der Waals surface area (Å²) in [6.45, 7) is 3.56. The highest BCUT2D eigenvalue weighted by Crippen LogP contribution is 2.29. The Bertz CT molecular complexity index is 1240. The molecule has 1 N–H and O–H groups in total. The number of aryl methyl sites for hydroxylation is 2. The summed E-state index contributed by atoms with van der Waals surface area (Å²) in [5.41, 5.74) is 1.16. The lowest BCUT2D eigenvalue weighted by atomic mass is 10.2. The van der Waals surface area contributed by atoms with Crippen LogP contribution in [0.4, 0.5) is 10.2 Å². The first-order valence-electron chi connectivity index (χ1n) is 9.68. The average Bonchev–Trinajstić information content (AvgIpc) is 2.71. The van der Waals surface area contributed by atoms with E-state index in [1.54, 1.807) is 38.4 Å². The van der Waals surface area contributed by atoms with Crippen molar-refractivity contribution < 1.29 is 17.5 Å². The molecule has 2 aromatic heterocycles. The molecule has 0 saturated carbocycles. The molecule has 0 bridgehead atoms. The van der Waals surface area contributed by atoms with Gasteiger partial charge in [0.1, 0.15) is 5.82 Å². The van der Waals surface area contributed by atoms with E-state index in [-0.39, 0.29) is 28.9 Å². The lowest BCUT2D eigenvalue weighted by Gasteiger charge is -2.13. The molecule has 31 heavy (non-hydrogen) atoms.